The van der Waals surface area contributed by atoms with E-state index in [4.69, 9.17) is 4.74 Å². The van der Waals surface area contributed by atoms with Gasteiger partial charge in [0.05, 0.1) is 12.6 Å². The molecule has 0 aliphatic rings. The molecule has 2 N–H and O–H groups in total. The van der Waals surface area contributed by atoms with Gasteiger partial charge >= 0.3 is 5.97 Å². The predicted molar refractivity (Wildman–Crippen MR) is 149 cm³/mol. The van der Waals surface area contributed by atoms with Crippen LogP contribution in [-0.2, 0) is 23.9 Å². The van der Waals surface area contributed by atoms with Gasteiger partial charge in [-0.25, -0.2) is 4.79 Å². The maximum atomic E-state index is 13.7. The Labute approximate surface area is 229 Å². The molecule has 0 aliphatic heterocycles. The molecule has 0 spiro atoms. The van der Waals surface area contributed by atoms with Crippen LogP contribution in [0.1, 0.15) is 61.0 Å². The van der Waals surface area contributed by atoms with Gasteiger partial charge in [0.15, 0.2) is 0 Å². The summed E-state index contributed by atoms with van der Waals surface area (Å²) in [6.45, 7) is 14.4. The van der Waals surface area contributed by atoms with Crippen LogP contribution in [0.3, 0.4) is 0 Å². The lowest BCUT2D eigenvalue weighted by molar-refractivity contribution is -0.140. The Balaban J connectivity index is 3.33. The van der Waals surface area contributed by atoms with Gasteiger partial charge in [0.25, 0.3) is 5.91 Å². The first kappa shape index (κ1) is 32.1. The molecule has 1 aromatic rings. The molecule has 0 bridgehead atoms. The topological polar surface area (TPSA) is 105 Å². The van der Waals surface area contributed by atoms with Crippen LogP contribution in [0, 0.1) is 11.3 Å². The van der Waals surface area contributed by atoms with Gasteiger partial charge in [0.2, 0.25) is 11.8 Å². The largest absolute Gasteiger partial charge is 0.463 e. The molecule has 2 atom stereocenters. The van der Waals surface area contributed by atoms with E-state index in [1.165, 1.54) is 6.92 Å². The minimum absolute atomic E-state index is 0.0121. The van der Waals surface area contributed by atoms with Crippen molar-refractivity contribution in [2.45, 2.75) is 67.5 Å². The molecule has 0 aliphatic carbocycles. The second-order valence-electron chi connectivity index (χ2n) is 10.3. The van der Waals surface area contributed by atoms with E-state index in [0.717, 1.165) is 4.47 Å². The summed E-state index contributed by atoms with van der Waals surface area (Å²) in [6.07, 6.45) is 3.28. The molecule has 3 amide bonds. The normalized spacial score (nSPS) is 14.0. The minimum Gasteiger partial charge on any atom is -0.463 e. The smallest absolute Gasteiger partial charge is 0.333 e. The molecule has 0 saturated heterocycles. The number of ether oxygens (including phenoxy) is 1. The first-order valence-electron chi connectivity index (χ1n) is 12.3. The number of carbonyl (C=O) groups excluding carboxylic acids is 4. The number of halogens is 1. The van der Waals surface area contributed by atoms with Crippen LogP contribution in [0.15, 0.2) is 46.1 Å². The van der Waals surface area contributed by atoms with E-state index in [1.54, 1.807) is 50.1 Å². The zero-order valence-electron chi connectivity index (χ0n) is 23.3. The fraction of sp³-hybridized carbons (Fsp3) is 0.500. The maximum Gasteiger partial charge on any atom is 0.333 e. The first-order chi connectivity index (χ1) is 17.1. The molecule has 1 rings (SSSR count). The van der Waals surface area contributed by atoms with Gasteiger partial charge in [-0.3, -0.25) is 14.4 Å². The van der Waals surface area contributed by atoms with Crippen molar-refractivity contribution < 1.29 is 23.9 Å². The second-order valence-corrected chi connectivity index (χ2v) is 11.2. The lowest BCUT2D eigenvalue weighted by Gasteiger charge is -2.37. The number of rotatable bonds is 10. The summed E-state index contributed by atoms with van der Waals surface area (Å²) in [6, 6.07) is 5.92. The third kappa shape index (κ3) is 10.1. The Morgan fingerprint density at radius 2 is 1.65 bits per heavy atom. The van der Waals surface area contributed by atoms with Crippen LogP contribution >= 0.6 is 15.9 Å². The highest BCUT2D eigenvalue weighted by molar-refractivity contribution is 9.10. The molecule has 0 heterocycles. The fourth-order valence-corrected chi connectivity index (χ4v) is 3.87. The van der Waals surface area contributed by atoms with Crippen LogP contribution in [-0.4, -0.2) is 54.3 Å². The van der Waals surface area contributed by atoms with E-state index in [0.29, 0.717) is 11.1 Å². The maximum absolute atomic E-state index is 13.7. The van der Waals surface area contributed by atoms with Crippen LogP contribution in [0.5, 0.6) is 0 Å². The Morgan fingerprint density at radius 3 is 2.11 bits per heavy atom. The molecule has 0 unspecified atom stereocenters. The Bertz CT molecular complexity index is 1040. The number of carbonyl (C=O) groups is 4. The molecule has 0 radical (unpaired) electrons. The van der Waals surface area contributed by atoms with Gasteiger partial charge in [0, 0.05) is 24.0 Å². The quantitative estimate of drug-likeness (QED) is 0.316. The van der Waals surface area contributed by atoms with Crippen molar-refractivity contribution in [3.63, 3.8) is 0 Å². The van der Waals surface area contributed by atoms with E-state index in [9.17, 15) is 19.2 Å². The van der Waals surface area contributed by atoms with Crippen molar-refractivity contribution in [2.24, 2.45) is 11.3 Å². The Morgan fingerprint density at radius 1 is 1.08 bits per heavy atom. The number of hydrogen-bond donors (Lipinski definition) is 2. The Hall–Kier alpha value is -2.94. The van der Waals surface area contributed by atoms with Gasteiger partial charge in [0.1, 0.15) is 11.7 Å². The molecule has 37 heavy (non-hydrogen) atoms. The summed E-state index contributed by atoms with van der Waals surface area (Å²) in [5, 5.41) is 5.40. The number of amides is 3. The minimum atomic E-state index is -0.912. The number of nitrogens with zero attached hydrogens (tertiary/aromatic N) is 1. The molecule has 0 aromatic heterocycles. The predicted octanol–water partition coefficient (Wildman–Crippen LogP) is 4.45. The highest BCUT2D eigenvalue weighted by Gasteiger charge is 2.37. The van der Waals surface area contributed by atoms with E-state index < -0.39 is 35.3 Å². The molecular weight excluding hydrogens is 538 g/mol. The van der Waals surface area contributed by atoms with Crippen molar-refractivity contribution in [3.05, 3.63) is 51.6 Å². The molecule has 8 nitrogen and oxygen atoms in total. The number of likely N-dealkylation sites (N-methyl/N-ethyl adjacent to an activating group) is 1. The number of esters is 1. The van der Waals surface area contributed by atoms with Gasteiger partial charge in [-0.1, -0.05) is 68.8 Å². The van der Waals surface area contributed by atoms with Crippen molar-refractivity contribution >= 4 is 45.7 Å². The molecule has 0 fully saturated rings. The molecule has 204 valence electrons. The third-order valence-electron chi connectivity index (χ3n) is 5.62. The van der Waals surface area contributed by atoms with E-state index in [1.807, 2.05) is 46.8 Å². The summed E-state index contributed by atoms with van der Waals surface area (Å²) in [4.78, 5) is 52.6. The van der Waals surface area contributed by atoms with Crippen molar-refractivity contribution in [1.82, 2.24) is 15.5 Å². The number of nitrogens with one attached hydrogen (secondary N) is 2. The van der Waals surface area contributed by atoms with Gasteiger partial charge in [-0.05, 0) is 49.0 Å². The molecule has 0 saturated carbocycles. The zero-order valence-corrected chi connectivity index (χ0v) is 24.9. The average molecular weight is 579 g/mol. The van der Waals surface area contributed by atoms with Crippen LogP contribution in [0.25, 0.3) is 6.08 Å². The van der Waals surface area contributed by atoms with Crippen molar-refractivity contribution in [2.75, 3.05) is 13.7 Å². The van der Waals surface area contributed by atoms with E-state index in [-0.39, 0.29) is 24.1 Å². The summed E-state index contributed by atoms with van der Waals surface area (Å²) in [5.74, 6) is -1.76. The second kappa shape index (κ2) is 14.1. The SMILES string of the molecule is CCOC(=O)/C(C)=C/[C@H](C(C)C)N(C)C(=O)[C@@H](NC(=O)/C(=C/c1ccc(Br)cc1)NC(C)=O)C(C)(C)C. The standard InChI is InChI=1S/C28H40BrN3O5/c1-10-37-27(36)18(4)15-23(17(2)3)32(9)26(35)24(28(6,7)8)31-25(34)22(30-19(5)33)16-20-11-13-21(29)14-12-20/h11-17,23-24H,10H2,1-9H3,(H,30,33)(H,31,34)/b18-15+,22-16-/t23-,24-/m1/s1. The monoisotopic (exact) mass is 577 g/mol. The number of benzene rings is 1. The summed E-state index contributed by atoms with van der Waals surface area (Å²) in [5.41, 5.74) is 0.485. The summed E-state index contributed by atoms with van der Waals surface area (Å²) in [7, 11) is 1.65. The first-order valence-corrected chi connectivity index (χ1v) is 13.1. The molecule has 1 aromatic carbocycles. The van der Waals surface area contributed by atoms with Gasteiger partial charge in [-0.2, -0.15) is 0 Å². The van der Waals surface area contributed by atoms with E-state index >= 15 is 0 Å². The Kier molecular flexibility index (Phi) is 12.2. The van der Waals surface area contributed by atoms with Crippen molar-refractivity contribution in [1.29, 1.82) is 0 Å². The fourth-order valence-electron chi connectivity index (χ4n) is 3.60. The highest BCUT2D eigenvalue weighted by atomic mass is 79.9. The van der Waals surface area contributed by atoms with Gasteiger partial charge in [-0.15, -0.1) is 0 Å². The molecular formula is C28H40BrN3O5. The van der Waals surface area contributed by atoms with Crippen LogP contribution in [0.4, 0.5) is 0 Å². The van der Waals surface area contributed by atoms with E-state index in [2.05, 4.69) is 26.6 Å². The average Bonchev–Trinajstić information content (AvgIpc) is 2.79. The van der Waals surface area contributed by atoms with Crippen LogP contribution in [0.2, 0.25) is 0 Å². The molecule has 9 heteroatoms. The highest BCUT2D eigenvalue weighted by Crippen LogP contribution is 2.24. The lowest BCUT2D eigenvalue weighted by Crippen LogP contribution is -2.57. The zero-order chi connectivity index (χ0) is 28.5. The summed E-state index contributed by atoms with van der Waals surface area (Å²) < 4.78 is 5.96. The van der Waals surface area contributed by atoms with Crippen molar-refractivity contribution in [3.8, 4) is 0 Å². The van der Waals surface area contributed by atoms with Gasteiger partial charge < -0.3 is 20.3 Å². The summed E-state index contributed by atoms with van der Waals surface area (Å²) >= 11 is 3.38. The third-order valence-corrected chi connectivity index (χ3v) is 6.15. The van der Waals surface area contributed by atoms with Crippen LogP contribution < -0.4 is 10.6 Å². The number of hydrogen-bond acceptors (Lipinski definition) is 5. The lowest BCUT2D eigenvalue weighted by atomic mass is 9.85.